The molecule has 1 aliphatic rings. The van der Waals surface area contributed by atoms with Crippen molar-refractivity contribution in [2.45, 2.75) is 20.3 Å². The molecule has 2 rings (SSSR count). The molecule has 0 atom stereocenters. The lowest BCUT2D eigenvalue weighted by Gasteiger charge is -1.93. The number of hydrogen-bond acceptors (Lipinski definition) is 2. The van der Waals surface area contributed by atoms with Crippen LogP contribution in [-0.4, -0.2) is 11.5 Å². The van der Waals surface area contributed by atoms with Gasteiger partial charge in [0.2, 0.25) is 0 Å². The first-order valence-corrected chi connectivity index (χ1v) is 4.14. The van der Waals surface area contributed by atoms with E-state index in [-0.39, 0.29) is 0 Å². The normalized spacial score (nSPS) is 12.5. The third-order valence-electron chi connectivity index (χ3n) is 1.58. The van der Waals surface area contributed by atoms with Crippen LogP contribution in [0.5, 0.6) is 0 Å². The number of nitrogens with one attached hydrogen (secondary N) is 1. The predicted molar refractivity (Wildman–Crippen MR) is 47.8 cm³/mol. The number of anilines is 1. The Balaban J connectivity index is 0.000000281. The molecule has 0 aromatic carbocycles. The Morgan fingerprint density at radius 3 is 3.00 bits per heavy atom. The highest BCUT2D eigenvalue weighted by Crippen LogP contribution is 2.16. The van der Waals surface area contributed by atoms with Gasteiger partial charge in [-0.1, -0.05) is 19.9 Å². The van der Waals surface area contributed by atoms with E-state index in [1.165, 1.54) is 5.56 Å². The van der Waals surface area contributed by atoms with Crippen LogP contribution in [0.3, 0.4) is 0 Å². The molecule has 0 saturated heterocycles. The Hall–Kier alpha value is -1.05. The summed E-state index contributed by atoms with van der Waals surface area (Å²) < 4.78 is 0. The van der Waals surface area contributed by atoms with Crippen LogP contribution in [0.4, 0.5) is 5.82 Å². The Labute approximate surface area is 67.7 Å². The third kappa shape index (κ3) is 1.70. The maximum atomic E-state index is 4.15. The standard InChI is InChI=1S/C7H8N2.C2H6/c1-2-6-3-5-9-7(6)8-4-1;1-2/h1-2,4H,3,5H2,(H,8,9);1-2H3. The summed E-state index contributed by atoms with van der Waals surface area (Å²) in [6.07, 6.45) is 2.94. The number of nitrogens with zero attached hydrogens (tertiary/aromatic N) is 1. The van der Waals surface area contributed by atoms with Gasteiger partial charge in [-0.25, -0.2) is 4.98 Å². The highest BCUT2D eigenvalue weighted by molar-refractivity contribution is 5.48. The van der Waals surface area contributed by atoms with E-state index in [0.717, 1.165) is 18.8 Å². The Morgan fingerprint density at radius 1 is 1.45 bits per heavy atom. The second-order valence-corrected chi connectivity index (χ2v) is 2.19. The molecule has 0 saturated carbocycles. The first-order chi connectivity index (χ1) is 5.47. The van der Waals surface area contributed by atoms with E-state index in [1.54, 1.807) is 0 Å². The van der Waals surface area contributed by atoms with E-state index >= 15 is 0 Å². The largest absolute Gasteiger partial charge is 0.370 e. The van der Waals surface area contributed by atoms with Gasteiger partial charge in [0.15, 0.2) is 0 Å². The number of hydrogen-bond donors (Lipinski definition) is 1. The van der Waals surface area contributed by atoms with Gasteiger partial charge < -0.3 is 5.32 Å². The van der Waals surface area contributed by atoms with Gasteiger partial charge in [-0.3, -0.25) is 0 Å². The van der Waals surface area contributed by atoms with Gasteiger partial charge in [-0.2, -0.15) is 0 Å². The Bertz CT molecular complexity index is 198. The summed E-state index contributed by atoms with van der Waals surface area (Å²) in [6.45, 7) is 5.05. The zero-order valence-corrected chi connectivity index (χ0v) is 7.09. The predicted octanol–water partition coefficient (Wildman–Crippen LogP) is 2.08. The van der Waals surface area contributed by atoms with Crippen LogP contribution in [0.1, 0.15) is 19.4 Å². The quantitative estimate of drug-likeness (QED) is 0.612. The summed E-state index contributed by atoms with van der Waals surface area (Å²) in [5.74, 6) is 1.07. The van der Waals surface area contributed by atoms with Crippen LogP contribution in [0.25, 0.3) is 0 Å². The highest BCUT2D eigenvalue weighted by atomic mass is 15.0. The van der Waals surface area contributed by atoms with Crippen molar-refractivity contribution in [1.82, 2.24) is 4.98 Å². The van der Waals surface area contributed by atoms with Crippen molar-refractivity contribution < 1.29 is 0 Å². The van der Waals surface area contributed by atoms with Gasteiger partial charge in [-0.05, 0) is 18.1 Å². The fraction of sp³-hybridized carbons (Fsp3) is 0.444. The monoisotopic (exact) mass is 150 g/mol. The van der Waals surface area contributed by atoms with Crippen molar-refractivity contribution in [2.75, 3.05) is 11.9 Å². The Kier molecular flexibility index (Phi) is 2.90. The second-order valence-electron chi connectivity index (χ2n) is 2.19. The minimum absolute atomic E-state index is 1.05. The molecule has 2 nitrogen and oxygen atoms in total. The van der Waals surface area contributed by atoms with Crippen LogP contribution in [0.15, 0.2) is 18.3 Å². The van der Waals surface area contributed by atoms with E-state index in [1.807, 2.05) is 26.1 Å². The van der Waals surface area contributed by atoms with Crippen molar-refractivity contribution in [3.63, 3.8) is 0 Å². The smallest absolute Gasteiger partial charge is 0.129 e. The molecule has 2 heteroatoms. The first-order valence-electron chi connectivity index (χ1n) is 4.14. The molecule has 0 spiro atoms. The van der Waals surface area contributed by atoms with E-state index in [9.17, 15) is 0 Å². The van der Waals surface area contributed by atoms with Gasteiger partial charge in [0.25, 0.3) is 0 Å². The van der Waals surface area contributed by atoms with E-state index in [2.05, 4.69) is 16.4 Å². The van der Waals surface area contributed by atoms with Crippen LogP contribution < -0.4 is 5.32 Å². The third-order valence-corrected chi connectivity index (χ3v) is 1.58. The zero-order chi connectivity index (χ0) is 8.10. The summed E-state index contributed by atoms with van der Waals surface area (Å²) in [5, 5.41) is 3.19. The van der Waals surface area contributed by atoms with Crippen LogP contribution in [0, 0.1) is 0 Å². The molecule has 0 bridgehead atoms. The summed E-state index contributed by atoms with van der Waals surface area (Å²) in [6, 6.07) is 4.09. The molecule has 1 aromatic heterocycles. The van der Waals surface area contributed by atoms with Crippen molar-refractivity contribution in [2.24, 2.45) is 0 Å². The van der Waals surface area contributed by atoms with Crippen LogP contribution >= 0.6 is 0 Å². The number of rotatable bonds is 0. The lowest BCUT2D eigenvalue weighted by Crippen LogP contribution is -1.92. The van der Waals surface area contributed by atoms with E-state index in [4.69, 9.17) is 0 Å². The van der Waals surface area contributed by atoms with Gasteiger partial charge in [0.1, 0.15) is 5.82 Å². The molecule has 1 N–H and O–H groups in total. The average molecular weight is 150 g/mol. The zero-order valence-electron chi connectivity index (χ0n) is 7.09. The van der Waals surface area contributed by atoms with Crippen molar-refractivity contribution in [3.8, 4) is 0 Å². The summed E-state index contributed by atoms with van der Waals surface area (Å²) in [5.41, 5.74) is 1.34. The number of aromatic nitrogens is 1. The minimum Gasteiger partial charge on any atom is -0.370 e. The van der Waals surface area contributed by atoms with E-state index < -0.39 is 0 Å². The molecule has 60 valence electrons. The Morgan fingerprint density at radius 2 is 2.27 bits per heavy atom. The van der Waals surface area contributed by atoms with Gasteiger partial charge >= 0.3 is 0 Å². The molecule has 11 heavy (non-hydrogen) atoms. The molecule has 0 fully saturated rings. The summed E-state index contributed by atoms with van der Waals surface area (Å²) in [7, 11) is 0. The van der Waals surface area contributed by atoms with Gasteiger partial charge in [-0.15, -0.1) is 0 Å². The maximum Gasteiger partial charge on any atom is 0.129 e. The fourth-order valence-electron chi connectivity index (χ4n) is 1.12. The van der Waals surface area contributed by atoms with Gasteiger partial charge in [0.05, 0.1) is 0 Å². The summed E-state index contributed by atoms with van der Waals surface area (Å²) in [4.78, 5) is 4.15. The van der Waals surface area contributed by atoms with E-state index in [0.29, 0.717) is 0 Å². The van der Waals surface area contributed by atoms with Crippen LogP contribution in [0.2, 0.25) is 0 Å². The van der Waals surface area contributed by atoms with Crippen molar-refractivity contribution in [3.05, 3.63) is 23.9 Å². The minimum atomic E-state index is 1.05. The topological polar surface area (TPSA) is 24.9 Å². The lowest BCUT2D eigenvalue weighted by molar-refractivity contribution is 1.11. The average Bonchev–Trinajstić information content (AvgIpc) is 2.55. The summed E-state index contributed by atoms with van der Waals surface area (Å²) >= 11 is 0. The number of fused-ring (bicyclic) bond motifs is 1. The molecule has 0 amide bonds. The molecule has 1 aliphatic heterocycles. The maximum absolute atomic E-state index is 4.15. The SMILES string of the molecule is CC.c1cnc2c(c1)CCN2. The first kappa shape index (κ1) is 8.05. The molecular weight excluding hydrogens is 136 g/mol. The molecule has 0 aliphatic carbocycles. The molecular formula is C9H14N2. The van der Waals surface area contributed by atoms with Crippen LogP contribution in [-0.2, 0) is 6.42 Å². The highest BCUT2D eigenvalue weighted by Gasteiger charge is 2.07. The lowest BCUT2D eigenvalue weighted by atomic mass is 10.2. The second kappa shape index (κ2) is 3.96. The van der Waals surface area contributed by atoms with Gasteiger partial charge in [0, 0.05) is 12.7 Å². The van der Waals surface area contributed by atoms with Crippen molar-refractivity contribution in [1.29, 1.82) is 0 Å². The fourth-order valence-corrected chi connectivity index (χ4v) is 1.12. The molecule has 0 unspecified atom stereocenters. The molecule has 1 aromatic rings. The molecule has 0 radical (unpaired) electrons. The molecule has 2 heterocycles. The number of pyridine rings is 1. The van der Waals surface area contributed by atoms with Crippen molar-refractivity contribution >= 4 is 5.82 Å².